The normalized spacial score (nSPS) is 13.4. The zero-order valence-electron chi connectivity index (χ0n) is 10.2. The third-order valence-corrected chi connectivity index (χ3v) is 3.56. The van der Waals surface area contributed by atoms with Crippen LogP contribution in [0.4, 0.5) is 0 Å². The number of ether oxygens (including phenoxy) is 1. The van der Waals surface area contributed by atoms with Crippen molar-refractivity contribution in [2.75, 3.05) is 12.4 Å². The van der Waals surface area contributed by atoms with Crippen molar-refractivity contribution in [3.8, 4) is 5.75 Å². The molecule has 0 aliphatic rings. The van der Waals surface area contributed by atoms with Gasteiger partial charge in [0.15, 0.2) is 0 Å². The molecule has 1 aromatic rings. The standard InChI is InChI=1S/C12H17ClO3S/c1-9-4-10(2)6-12(5-9)16-7-11(3)8-17(13,14)15/h4-6,11H,7-8H2,1-3H3. The van der Waals surface area contributed by atoms with Gasteiger partial charge in [0.25, 0.3) is 0 Å². The number of halogens is 1. The molecule has 96 valence electrons. The Kier molecular flexibility index (Phi) is 4.83. The topological polar surface area (TPSA) is 43.4 Å². The van der Waals surface area contributed by atoms with E-state index in [1.165, 1.54) is 0 Å². The molecule has 0 fully saturated rings. The van der Waals surface area contributed by atoms with E-state index in [4.69, 9.17) is 15.4 Å². The van der Waals surface area contributed by atoms with E-state index in [0.29, 0.717) is 6.61 Å². The van der Waals surface area contributed by atoms with Crippen LogP contribution in [0.2, 0.25) is 0 Å². The predicted molar refractivity (Wildman–Crippen MR) is 70.2 cm³/mol. The molecule has 0 aliphatic carbocycles. The van der Waals surface area contributed by atoms with Crippen LogP contribution in [0.1, 0.15) is 18.1 Å². The van der Waals surface area contributed by atoms with Gasteiger partial charge in [-0.2, -0.15) is 0 Å². The Labute approximate surface area is 107 Å². The second kappa shape index (κ2) is 5.74. The zero-order chi connectivity index (χ0) is 13.1. The van der Waals surface area contributed by atoms with Crippen molar-refractivity contribution in [1.29, 1.82) is 0 Å². The van der Waals surface area contributed by atoms with E-state index in [2.05, 4.69) is 6.07 Å². The largest absolute Gasteiger partial charge is 0.493 e. The first-order valence-electron chi connectivity index (χ1n) is 5.40. The van der Waals surface area contributed by atoms with Crippen molar-refractivity contribution in [2.45, 2.75) is 20.8 Å². The fraction of sp³-hybridized carbons (Fsp3) is 0.500. The highest BCUT2D eigenvalue weighted by atomic mass is 35.7. The molecule has 0 saturated carbocycles. The fourth-order valence-corrected chi connectivity index (χ4v) is 3.06. The summed E-state index contributed by atoms with van der Waals surface area (Å²) in [5.41, 5.74) is 2.25. The molecule has 0 spiro atoms. The van der Waals surface area contributed by atoms with Gasteiger partial charge in [-0.05, 0) is 37.1 Å². The van der Waals surface area contributed by atoms with E-state index >= 15 is 0 Å². The molecule has 1 rings (SSSR count). The molecule has 0 radical (unpaired) electrons. The highest BCUT2D eigenvalue weighted by Crippen LogP contribution is 2.17. The summed E-state index contributed by atoms with van der Waals surface area (Å²) in [6, 6.07) is 5.91. The summed E-state index contributed by atoms with van der Waals surface area (Å²) in [7, 11) is 1.73. The van der Waals surface area contributed by atoms with Crippen LogP contribution in [0.5, 0.6) is 5.75 Å². The quantitative estimate of drug-likeness (QED) is 0.777. The first-order chi connectivity index (χ1) is 7.76. The monoisotopic (exact) mass is 276 g/mol. The van der Waals surface area contributed by atoms with Crippen molar-refractivity contribution >= 4 is 19.7 Å². The van der Waals surface area contributed by atoms with Crippen LogP contribution >= 0.6 is 10.7 Å². The van der Waals surface area contributed by atoms with Gasteiger partial charge in [-0.15, -0.1) is 0 Å². The van der Waals surface area contributed by atoms with Crippen LogP contribution < -0.4 is 4.74 Å². The number of aryl methyl sites for hydroxylation is 2. The molecule has 0 heterocycles. The lowest BCUT2D eigenvalue weighted by Crippen LogP contribution is -2.16. The molecule has 1 unspecified atom stereocenters. The number of hydrogen-bond acceptors (Lipinski definition) is 3. The van der Waals surface area contributed by atoms with Crippen LogP contribution in [-0.2, 0) is 9.05 Å². The minimum absolute atomic E-state index is 0.0701. The van der Waals surface area contributed by atoms with E-state index < -0.39 is 9.05 Å². The molecule has 17 heavy (non-hydrogen) atoms. The van der Waals surface area contributed by atoms with Crippen LogP contribution in [0.3, 0.4) is 0 Å². The van der Waals surface area contributed by atoms with Crippen LogP contribution in [-0.4, -0.2) is 20.8 Å². The summed E-state index contributed by atoms with van der Waals surface area (Å²) >= 11 is 0. The highest BCUT2D eigenvalue weighted by molar-refractivity contribution is 8.13. The summed E-state index contributed by atoms with van der Waals surface area (Å²) in [6.07, 6.45) is 0. The van der Waals surface area contributed by atoms with E-state index in [0.717, 1.165) is 16.9 Å². The third kappa shape index (κ3) is 5.94. The molecule has 0 N–H and O–H groups in total. The molecule has 0 saturated heterocycles. The lowest BCUT2D eigenvalue weighted by molar-refractivity contribution is 0.272. The lowest BCUT2D eigenvalue weighted by Gasteiger charge is -2.12. The van der Waals surface area contributed by atoms with Gasteiger partial charge in [-0.1, -0.05) is 13.0 Å². The fourth-order valence-electron chi connectivity index (χ4n) is 1.64. The molecule has 0 amide bonds. The van der Waals surface area contributed by atoms with Crippen molar-refractivity contribution in [3.63, 3.8) is 0 Å². The Bertz CT molecular complexity index is 462. The minimum atomic E-state index is -3.45. The van der Waals surface area contributed by atoms with Gasteiger partial charge in [0, 0.05) is 16.6 Å². The predicted octanol–water partition coefficient (Wildman–Crippen LogP) is 2.89. The second-order valence-corrected chi connectivity index (χ2v) is 7.27. The van der Waals surface area contributed by atoms with Gasteiger partial charge < -0.3 is 4.74 Å². The molecule has 1 aromatic carbocycles. The molecule has 3 nitrogen and oxygen atoms in total. The summed E-state index contributed by atoms with van der Waals surface area (Å²) in [6.45, 7) is 6.12. The molecule has 0 aliphatic heterocycles. The lowest BCUT2D eigenvalue weighted by atomic mass is 10.1. The first-order valence-corrected chi connectivity index (χ1v) is 7.87. The molecule has 0 bridgehead atoms. The maximum atomic E-state index is 10.9. The number of hydrogen-bond donors (Lipinski definition) is 0. The van der Waals surface area contributed by atoms with Gasteiger partial charge in [0.1, 0.15) is 5.75 Å². The third-order valence-electron chi connectivity index (χ3n) is 2.21. The molecular weight excluding hydrogens is 260 g/mol. The zero-order valence-corrected chi connectivity index (χ0v) is 11.8. The summed E-state index contributed by atoms with van der Waals surface area (Å²) in [5.74, 6) is 0.568. The summed E-state index contributed by atoms with van der Waals surface area (Å²) < 4.78 is 27.3. The van der Waals surface area contributed by atoms with E-state index in [9.17, 15) is 8.42 Å². The van der Waals surface area contributed by atoms with Crippen molar-refractivity contribution in [2.24, 2.45) is 5.92 Å². The van der Waals surface area contributed by atoms with Crippen LogP contribution in [0, 0.1) is 19.8 Å². The second-order valence-electron chi connectivity index (χ2n) is 4.45. The maximum absolute atomic E-state index is 10.9. The Morgan fingerprint density at radius 2 is 1.76 bits per heavy atom. The van der Waals surface area contributed by atoms with E-state index in [-0.39, 0.29) is 11.7 Å². The molecular formula is C12H17ClO3S. The van der Waals surface area contributed by atoms with E-state index in [1.807, 2.05) is 26.0 Å². The van der Waals surface area contributed by atoms with Gasteiger partial charge in [0.2, 0.25) is 9.05 Å². The van der Waals surface area contributed by atoms with Crippen LogP contribution in [0.15, 0.2) is 18.2 Å². The van der Waals surface area contributed by atoms with Crippen molar-refractivity contribution in [1.82, 2.24) is 0 Å². The van der Waals surface area contributed by atoms with Gasteiger partial charge in [0.05, 0.1) is 12.4 Å². The molecule has 1 atom stereocenters. The average Bonchev–Trinajstić information content (AvgIpc) is 2.10. The number of benzene rings is 1. The van der Waals surface area contributed by atoms with E-state index in [1.54, 1.807) is 6.92 Å². The highest BCUT2D eigenvalue weighted by Gasteiger charge is 2.13. The molecule has 0 aromatic heterocycles. The SMILES string of the molecule is Cc1cc(C)cc(OCC(C)CS(=O)(=O)Cl)c1. The maximum Gasteiger partial charge on any atom is 0.232 e. The summed E-state index contributed by atoms with van der Waals surface area (Å²) in [5, 5.41) is 0. The molecule has 5 heteroatoms. The van der Waals surface area contributed by atoms with Gasteiger partial charge in [-0.25, -0.2) is 8.42 Å². The van der Waals surface area contributed by atoms with Gasteiger partial charge >= 0.3 is 0 Å². The van der Waals surface area contributed by atoms with Crippen LogP contribution in [0.25, 0.3) is 0 Å². The Morgan fingerprint density at radius 3 is 2.24 bits per heavy atom. The van der Waals surface area contributed by atoms with Gasteiger partial charge in [-0.3, -0.25) is 0 Å². The number of rotatable bonds is 5. The summed E-state index contributed by atoms with van der Waals surface area (Å²) in [4.78, 5) is 0. The Balaban J connectivity index is 2.55. The van der Waals surface area contributed by atoms with Crippen molar-refractivity contribution < 1.29 is 13.2 Å². The Hall–Kier alpha value is -0.740. The smallest absolute Gasteiger partial charge is 0.232 e. The minimum Gasteiger partial charge on any atom is -0.493 e. The Morgan fingerprint density at radius 1 is 1.24 bits per heavy atom. The first kappa shape index (κ1) is 14.3. The van der Waals surface area contributed by atoms with Crippen molar-refractivity contribution in [3.05, 3.63) is 29.3 Å². The average molecular weight is 277 g/mol.